The largest absolute Gasteiger partial charge is 0.480 e. The third-order valence-corrected chi connectivity index (χ3v) is 2.48. The van der Waals surface area contributed by atoms with Gasteiger partial charge in [0.15, 0.2) is 0 Å². The molecule has 0 radical (unpaired) electrons. The van der Waals surface area contributed by atoms with Crippen LogP contribution in [0.4, 0.5) is 0 Å². The molecule has 2 N–H and O–H groups in total. The van der Waals surface area contributed by atoms with Crippen molar-refractivity contribution in [3.63, 3.8) is 0 Å². The maximum absolute atomic E-state index is 11.1. The van der Waals surface area contributed by atoms with Gasteiger partial charge in [-0.05, 0) is 40.9 Å². The molecule has 2 atom stereocenters. The minimum absolute atomic E-state index is 0.138. The molecular formula is C11H24N2O3. The number of ether oxygens (including phenoxy) is 1. The summed E-state index contributed by atoms with van der Waals surface area (Å²) in [4.78, 5) is 13.2. The summed E-state index contributed by atoms with van der Waals surface area (Å²) in [5.74, 6) is -0.883. The quantitative estimate of drug-likeness (QED) is 0.634. The molecule has 0 amide bonds. The number of hydrogen-bond acceptors (Lipinski definition) is 4. The second-order valence-corrected chi connectivity index (χ2v) is 4.71. The van der Waals surface area contributed by atoms with Gasteiger partial charge in [0, 0.05) is 13.2 Å². The highest BCUT2D eigenvalue weighted by atomic mass is 16.5. The van der Waals surface area contributed by atoms with Crippen molar-refractivity contribution in [1.29, 1.82) is 0 Å². The number of carbonyl (C=O) groups is 1. The molecule has 0 rings (SSSR count). The van der Waals surface area contributed by atoms with E-state index in [4.69, 9.17) is 9.84 Å². The first-order chi connectivity index (χ1) is 7.31. The Bertz CT molecular complexity index is 221. The number of methoxy groups -OCH3 is 1. The van der Waals surface area contributed by atoms with Crippen LogP contribution in [0.3, 0.4) is 0 Å². The molecule has 0 saturated carbocycles. The molecule has 0 fully saturated rings. The Balaban J connectivity index is 4.23. The highest BCUT2D eigenvalue weighted by Crippen LogP contribution is 2.08. The van der Waals surface area contributed by atoms with Crippen LogP contribution in [0.15, 0.2) is 0 Å². The summed E-state index contributed by atoms with van der Waals surface area (Å²) >= 11 is 0. The molecule has 0 aromatic carbocycles. The second kappa shape index (κ2) is 6.83. The first-order valence-electron chi connectivity index (χ1n) is 5.46. The van der Waals surface area contributed by atoms with Gasteiger partial charge in [-0.1, -0.05) is 0 Å². The highest BCUT2D eigenvalue weighted by Gasteiger charge is 2.34. The standard InChI is InChI=1S/C11H24N2O3/c1-9(6-7-13(3)4)12-11(2,8-16-5)10(14)15/h9,12H,6-8H2,1-5H3,(H,14,15). The first kappa shape index (κ1) is 15.3. The van der Waals surface area contributed by atoms with Gasteiger partial charge in [-0.2, -0.15) is 0 Å². The van der Waals surface area contributed by atoms with Gasteiger partial charge in [0.05, 0.1) is 6.61 Å². The van der Waals surface area contributed by atoms with E-state index in [2.05, 4.69) is 10.2 Å². The lowest BCUT2D eigenvalue weighted by molar-refractivity contribution is -0.146. The smallest absolute Gasteiger partial charge is 0.326 e. The Morgan fingerprint density at radius 3 is 2.50 bits per heavy atom. The van der Waals surface area contributed by atoms with E-state index in [0.717, 1.165) is 13.0 Å². The van der Waals surface area contributed by atoms with Gasteiger partial charge in [0.25, 0.3) is 0 Å². The molecule has 5 heteroatoms. The molecule has 0 saturated heterocycles. The van der Waals surface area contributed by atoms with Gasteiger partial charge in [0.2, 0.25) is 0 Å². The van der Waals surface area contributed by atoms with Crippen molar-refractivity contribution >= 4 is 5.97 Å². The Morgan fingerprint density at radius 2 is 2.12 bits per heavy atom. The molecule has 96 valence electrons. The number of hydrogen-bond donors (Lipinski definition) is 2. The van der Waals surface area contributed by atoms with Crippen LogP contribution >= 0.6 is 0 Å². The van der Waals surface area contributed by atoms with Gasteiger partial charge in [0.1, 0.15) is 5.54 Å². The summed E-state index contributed by atoms with van der Waals surface area (Å²) in [6.07, 6.45) is 0.902. The molecule has 0 bridgehead atoms. The number of nitrogens with one attached hydrogen (secondary N) is 1. The van der Waals surface area contributed by atoms with Crippen molar-refractivity contribution in [2.75, 3.05) is 34.4 Å². The lowest BCUT2D eigenvalue weighted by Gasteiger charge is -2.29. The number of aliphatic carboxylic acids is 1. The number of nitrogens with zero attached hydrogens (tertiary/aromatic N) is 1. The van der Waals surface area contributed by atoms with Crippen molar-refractivity contribution < 1.29 is 14.6 Å². The van der Waals surface area contributed by atoms with E-state index in [9.17, 15) is 4.79 Å². The van der Waals surface area contributed by atoms with E-state index in [1.165, 1.54) is 7.11 Å². The minimum atomic E-state index is -1.01. The van der Waals surface area contributed by atoms with Gasteiger partial charge in [-0.3, -0.25) is 10.1 Å². The van der Waals surface area contributed by atoms with Crippen LogP contribution in [0.1, 0.15) is 20.3 Å². The van der Waals surface area contributed by atoms with E-state index in [1.54, 1.807) is 6.92 Å². The lowest BCUT2D eigenvalue weighted by atomic mass is 10.0. The molecular weight excluding hydrogens is 208 g/mol. The average Bonchev–Trinajstić information content (AvgIpc) is 2.14. The van der Waals surface area contributed by atoms with E-state index in [-0.39, 0.29) is 12.6 Å². The molecule has 16 heavy (non-hydrogen) atoms. The molecule has 0 aromatic rings. The van der Waals surface area contributed by atoms with Crippen molar-refractivity contribution in [2.45, 2.75) is 31.8 Å². The maximum atomic E-state index is 11.1. The molecule has 0 aliphatic heterocycles. The predicted octanol–water partition coefficient (Wildman–Crippen LogP) is 0.406. The van der Waals surface area contributed by atoms with Gasteiger partial charge in [-0.25, -0.2) is 0 Å². The number of carboxylic acid groups (broad SMARTS) is 1. The SMILES string of the molecule is COCC(C)(NC(C)CCN(C)C)C(=O)O. The van der Waals surface area contributed by atoms with E-state index in [1.807, 2.05) is 21.0 Å². The first-order valence-corrected chi connectivity index (χ1v) is 5.46. The predicted molar refractivity (Wildman–Crippen MR) is 63.7 cm³/mol. The minimum Gasteiger partial charge on any atom is -0.480 e. The van der Waals surface area contributed by atoms with Crippen molar-refractivity contribution in [1.82, 2.24) is 10.2 Å². The topological polar surface area (TPSA) is 61.8 Å². The summed E-state index contributed by atoms with van der Waals surface area (Å²) in [5.41, 5.74) is -1.01. The summed E-state index contributed by atoms with van der Waals surface area (Å²) < 4.78 is 4.94. The molecule has 2 unspecified atom stereocenters. The fourth-order valence-corrected chi connectivity index (χ4v) is 1.52. The lowest BCUT2D eigenvalue weighted by Crippen LogP contribution is -2.56. The van der Waals surface area contributed by atoms with Crippen LogP contribution in [0.25, 0.3) is 0 Å². The van der Waals surface area contributed by atoms with Crippen LogP contribution in [0.2, 0.25) is 0 Å². The molecule has 0 aliphatic carbocycles. The Labute approximate surface area is 97.8 Å². The van der Waals surface area contributed by atoms with Crippen LogP contribution in [0.5, 0.6) is 0 Å². The Morgan fingerprint density at radius 1 is 1.56 bits per heavy atom. The Kier molecular flexibility index (Phi) is 6.55. The van der Waals surface area contributed by atoms with Crippen molar-refractivity contribution in [3.8, 4) is 0 Å². The highest BCUT2D eigenvalue weighted by molar-refractivity contribution is 5.78. The zero-order chi connectivity index (χ0) is 12.8. The van der Waals surface area contributed by atoms with Crippen molar-refractivity contribution in [2.24, 2.45) is 0 Å². The molecule has 5 nitrogen and oxygen atoms in total. The van der Waals surface area contributed by atoms with Gasteiger partial charge in [-0.15, -0.1) is 0 Å². The molecule has 0 spiro atoms. The fourth-order valence-electron chi connectivity index (χ4n) is 1.52. The second-order valence-electron chi connectivity index (χ2n) is 4.71. The Hall–Kier alpha value is -0.650. The van der Waals surface area contributed by atoms with Crippen LogP contribution in [0, 0.1) is 0 Å². The monoisotopic (exact) mass is 232 g/mol. The van der Waals surface area contributed by atoms with Crippen LogP contribution in [-0.4, -0.2) is 61.9 Å². The normalized spacial score (nSPS) is 17.1. The van der Waals surface area contributed by atoms with E-state index < -0.39 is 11.5 Å². The van der Waals surface area contributed by atoms with E-state index >= 15 is 0 Å². The zero-order valence-corrected chi connectivity index (χ0v) is 10.9. The summed E-state index contributed by atoms with van der Waals surface area (Å²) in [6.45, 7) is 4.72. The molecule has 0 aliphatic rings. The van der Waals surface area contributed by atoms with Crippen molar-refractivity contribution in [3.05, 3.63) is 0 Å². The van der Waals surface area contributed by atoms with E-state index in [0.29, 0.717) is 0 Å². The third kappa shape index (κ3) is 5.44. The zero-order valence-electron chi connectivity index (χ0n) is 10.9. The summed E-state index contributed by atoms with van der Waals surface area (Å²) in [6, 6.07) is 0.138. The van der Waals surface area contributed by atoms with Crippen LogP contribution in [-0.2, 0) is 9.53 Å². The average molecular weight is 232 g/mol. The van der Waals surface area contributed by atoms with Gasteiger partial charge < -0.3 is 14.7 Å². The number of rotatable bonds is 8. The van der Waals surface area contributed by atoms with Crippen LogP contribution < -0.4 is 5.32 Å². The third-order valence-electron chi connectivity index (χ3n) is 2.48. The number of carboxylic acids is 1. The summed E-state index contributed by atoms with van der Waals surface area (Å²) in [7, 11) is 5.50. The molecule has 0 aromatic heterocycles. The fraction of sp³-hybridized carbons (Fsp3) is 0.909. The van der Waals surface area contributed by atoms with Gasteiger partial charge >= 0.3 is 5.97 Å². The summed E-state index contributed by atoms with van der Waals surface area (Å²) in [5, 5.41) is 12.2. The maximum Gasteiger partial charge on any atom is 0.326 e. The molecule has 0 heterocycles.